The highest BCUT2D eigenvalue weighted by Gasteiger charge is 2.14. The normalized spacial score (nSPS) is 12.4. The van der Waals surface area contributed by atoms with E-state index in [0.717, 1.165) is 12.0 Å². The second-order valence-corrected chi connectivity index (χ2v) is 4.08. The van der Waals surface area contributed by atoms with Gasteiger partial charge in [-0.05, 0) is 19.4 Å². The van der Waals surface area contributed by atoms with E-state index in [1.165, 1.54) is 6.21 Å². The van der Waals surface area contributed by atoms with Crippen molar-refractivity contribution in [3.05, 3.63) is 34.9 Å². The molecule has 5 heteroatoms. The molecule has 1 rings (SSSR count). The van der Waals surface area contributed by atoms with Gasteiger partial charge in [-0.2, -0.15) is 0 Å². The highest BCUT2D eigenvalue weighted by atomic mass is 35.5. The van der Waals surface area contributed by atoms with Crippen LogP contribution >= 0.6 is 11.6 Å². The van der Waals surface area contributed by atoms with Gasteiger partial charge in [0.05, 0.1) is 12.8 Å². The summed E-state index contributed by atoms with van der Waals surface area (Å²) in [4.78, 5) is 16.4. The fourth-order valence-electron chi connectivity index (χ4n) is 1.12. The van der Waals surface area contributed by atoms with Gasteiger partial charge in [0.25, 0.3) is 0 Å². The number of esters is 1. The molecule has 1 aromatic rings. The number of ether oxygens (including phenoxy) is 1. The lowest BCUT2D eigenvalue weighted by molar-refractivity contribution is -0.155. The summed E-state index contributed by atoms with van der Waals surface area (Å²) in [6.07, 6.45) is 1.52. The van der Waals surface area contributed by atoms with Crippen molar-refractivity contribution in [1.29, 1.82) is 0 Å². The molecule has 0 heterocycles. The molecule has 0 radical (unpaired) electrons. The van der Waals surface area contributed by atoms with Crippen LogP contribution in [0, 0.1) is 0 Å². The molecule has 98 valence electrons. The Bertz CT molecular complexity index is 420. The first kappa shape index (κ1) is 14.5. The van der Waals surface area contributed by atoms with Crippen molar-refractivity contribution in [2.75, 3.05) is 6.61 Å². The summed E-state index contributed by atoms with van der Waals surface area (Å²) in [6, 6.07) is 7.22. The van der Waals surface area contributed by atoms with Crippen LogP contribution in [0.5, 0.6) is 0 Å². The van der Waals surface area contributed by atoms with Crippen molar-refractivity contribution in [2.45, 2.75) is 26.4 Å². The Morgan fingerprint density at radius 2 is 2.22 bits per heavy atom. The van der Waals surface area contributed by atoms with E-state index in [0.29, 0.717) is 11.6 Å². The van der Waals surface area contributed by atoms with E-state index in [1.54, 1.807) is 19.1 Å². The predicted octanol–water partition coefficient (Wildman–Crippen LogP) is 3.03. The van der Waals surface area contributed by atoms with E-state index in [2.05, 4.69) is 5.16 Å². The van der Waals surface area contributed by atoms with Gasteiger partial charge in [-0.3, -0.25) is 0 Å². The van der Waals surface area contributed by atoms with Crippen LogP contribution in [-0.2, 0) is 14.4 Å². The van der Waals surface area contributed by atoms with E-state index < -0.39 is 12.1 Å². The predicted molar refractivity (Wildman–Crippen MR) is 70.8 cm³/mol. The van der Waals surface area contributed by atoms with Crippen LogP contribution in [0.4, 0.5) is 0 Å². The zero-order chi connectivity index (χ0) is 13.4. The van der Waals surface area contributed by atoms with E-state index in [-0.39, 0.29) is 0 Å². The number of carbonyl (C=O) groups is 1. The number of oxime groups is 1. The lowest BCUT2D eigenvalue weighted by atomic mass is 10.2. The summed E-state index contributed by atoms with van der Waals surface area (Å²) < 4.78 is 4.92. The van der Waals surface area contributed by atoms with Gasteiger partial charge in [0.15, 0.2) is 0 Å². The van der Waals surface area contributed by atoms with Crippen LogP contribution < -0.4 is 0 Å². The summed E-state index contributed by atoms with van der Waals surface area (Å²) in [5, 5.41) is 4.30. The van der Waals surface area contributed by atoms with Crippen molar-refractivity contribution in [1.82, 2.24) is 0 Å². The fraction of sp³-hybridized carbons (Fsp3) is 0.385. The number of benzene rings is 1. The van der Waals surface area contributed by atoms with Gasteiger partial charge in [0.1, 0.15) is 0 Å². The molecule has 0 aliphatic heterocycles. The van der Waals surface area contributed by atoms with Crippen molar-refractivity contribution in [2.24, 2.45) is 5.16 Å². The molecule has 0 fully saturated rings. The summed E-state index contributed by atoms with van der Waals surface area (Å²) in [7, 11) is 0. The number of rotatable bonds is 6. The van der Waals surface area contributed by atoms with Crippen molar-refractivity contribution in [3.63, 3.8) is 0 Å². The Labute approximate surface area is 112 Å². The molecule has 18 heavy (non-hydrogen) atoms. The molecule has 0 aromatic heterocycles. The monoisotopic (exact) mass is 269 g/mol. The molecular formula is C13H16ClNO3. The lowest BCUT2D eigenvalue weighted by Crippen LogP contribution is -2.21. The number of carbonyl (C=O) groups excluding carboxylic acids is 1. The van der Waals surface area contributed by atoms with Gasteiger partial charge < -0.3 is 9.57 Å². The third-order valence-corrected chi connectivity index (χ3v) is 2.44. The van der Waals surface area contributed by atoms with Crippen LogP contribution in [0.25, 0.3) is 0 Å². The van der Waals surface area contributed by atoms with E-state index in [9.17, 15) is 4.79 Å². The minimum absolute atomic E-state index is 0.390. The SMILES string of the molecule is CCCOC(=O)C(C)ON=Cc1ccccc1Cl. The van der Waals surface area contributed by atoms with Gasteiger partial charge in [-0.1, -0.05) is 41.9 Å². The number of hydrogen-bond acceptors (Lipinski definition) is 4. The molecule has 0 saturated carbocycles. The van der Waals surface area contributed by atoms with Crippen molar-refractivity contribution < 1.29 is 14.4 Å². The van der Waals surface area contributed by atoms with Crippen molar-refractivity contribution >= 4 is 23.8 Å². The Hall–Kier alpha value is -1.55. The Kier molecular flexibility index (Phi) is 6.22. The standard InChI is InChI=1S/C13H16ClNO3/c1-3-8-17-13(16)10(2)18-15-9-11-6-4-5-7-12(11)14/h4-7,9-10H,3,8H2,1-2H3. The first-order valence-electron chi connectivity index (χ1n) is 5.75. The smallest absolute Gasteiger partial charge is 0.349 e. The number of halogens is 1. The Balaban J connectivity index is 2.45. The highest BCUT2D eigenvalue weighted by molar-refractivity contribution is 6.33. The highest BCUT2D eigenvalue weighted by Crippen LogP contribution is 2.12. The number of hydrogen-bond donors (Lipinski definition) is 0. The van der Waals surface area contributed by atoms with Crippen LogP contribution in [0.3, 0.4) is 0 Å². The zero-order valence-corrected chi connectivity index (χ0v) is 11.2. The molecule has 0 aliphatic rings. The molecule has 0 amide bonds. The van der Waals surface area contributed by atoms with Gasteiger partial charge in [0.2, 0.25) is 6.10 Å². The van der Waals surface area contributed by atoms with Gasteiger partial charge in [-0.25, -0.2) is 4.79 Å². The van der Waals surface area contributed by atoms with Crippen LogP contribution in [-0.4, -0.2) is 24.9 Å². The molecule has 0 bridgehead atoms. The fourth-order valence-corrected chi connectivity index (χ4v) is 1.31. The molecule has 1 atom stereocenters. The summed E-state index contributed by atoms with van der Waals surface area (Å²) in [5.41, 5.74) is 0.730. The second kappa shape index (κ2) is 7.71. The molecule has 0 aliphatic carbocycles. The maximum atomic E-state index is 11.4. The lowest BCUT2D eigenvalue weighted by Gasteiger charge is -2.08. The molecule has 1 aromatic carbocycles. The zero-order valence-electron chi connectivity index (χ0n) is 10.4. The second-order valence-electron chi connectivity index (χ2n) is 3.67. The van der Waals surface area contributed by atoms with E-state index >= 15 is 0 Å². The molecule has 4 nitrogen and oxygen atoms in total. The van der Waals surface area contributed by atoms with Crippen LogP contribution in [0.15, 0.2) is 29.4 Å². The van der Waals surface area contributed by atoms with Crippen molar-refractivity contribution in [3.8, 4) is 0 Å². The minimum atomic E-state index is -0.727. The van der Waals surface area contributed by atoms with E-state index in [1.807, 2.05) is 19.1 Å². The van der Waals surface area contributed by atoms with Gasteiger partial charge >= 0.3 is 5.97 Å². The van der Waals surface area contributed by atoms with Gasteiger partial charge in [0, 0.05) is 10.6 Å². The summed E-state index contributed by atoms with van der Waals surface area (Å²) in [5.74, 6) is -0.423. The van der Waals surface area contributed by atoms with Gasteiger partial charge in [-0.15, -0.1) is 0 Å². The molecular weight excluding hydrogens is 254 g/mol. The third kappa shape index (κ3) is 4.75. The average molecular weight is 270 g/mol. The Morgan fingerprint density at radius 3 is 2.89 bits per heavy atom. The van der Waals surface area contributed by atoms with E-state index in [4.69, 9.17) is 21.2 Å². The quantitative estimate of drug-likeness (QED) is 0.453. The maximum Gasteiger partial charge on any atom is 0.349 e. The first-order valence-corrected chi connectivity index (χ1v) is 6.13. The topological polar surface area (TPSA) is 47.9 Å². The largest absolute Gasteiger partial charge is 0.463 e. The summed E-state index contributed by atoms with van der Waals surface area (Å²) >= 11 is 5.93. The molecule has 1 unspecified atom stereocenters. The maximum absolute atomic E-state index is 11.4. The third-order valence-electron chi connectivity index (χ3n) is 2.10. The molecule has 0 N–H and O–H groups in total. The molecule has 0 saturated heterocycles. The average Bonchev–Trinajstić information content (AvgIpc) is 2.38. The van der Waals surface area contributed by atoms with Crippen LogP contribution in [0.1, 0.15) is 25.8 Å². The Morgan fingerprint density at radius 1 is 1.50 bits per heavy atom. The first-order chi connectivity index (χ1) is 8.65. The molecule has 0 spiro atoms. The minimum Gasteiger partial charge on any atom is -0.463 e. The summed E-state index contributed by atoms with van der Waals surface area (Å²) in [6.45, 7) is 3.90. The van der Waals surface area contributed by atoms with Crippen LogP contribution in [0.2, 0.25) is 5.02 Å². The number of nitrogens with zero attached hydrogens (tertiary/aromatic N) is 1.